The fourth-order valence-electron chi connectivity index (χ4n) is 2.40. The number of hydrogen-bond donors (Lipinski definition) is 3. The minimum absolute atomic E-state index is 0.387. The van der Waals surface area contributed by atoms with Gasteiger partial charge >= 0.3 is 5.97 Å². The average molecular weight is 369 g/mol. The van der Waals surface area contributed by atoms with Crippen LogP contribution in [0.3, 0.4) is 0 Å². The number of anilines is 4. The van der Waals surface area contributed by atoms with Crippen LogP contribution >= 0.6 is 11.3 Å². The molecular formula is C18H19N5O2S. The van der Waals surface area contributed by atoms with Crippen molar-refractivity contribution in [1.29, 1.82) is 0 Å². The summed E-state index contributed by atoms with van der Waals surface area (Å²) in [5.41, 5.74) is 7.54. The second kappa shape index (κ2) is 8.30. The topological polar surface area (TPSA) is 102 Å². The lowest BCUT2D eigenvalue weighted by atomic mass is 10.2. The van der Waals surface area contributed by atoms with E-state index >= 15 is 0 Å². The Morgan fingerprint density at radius 3 is 2.77 bits per heavy atom. The molecule has 0 aliphatic heterocycles. The number of carbonyl (C=O) groups excluding carboxylic acids is 1. The first-order valence-corrected chi connectivity index (χ1v) is 8.88. The van der Waals surface area contributed by atoms with E-state index in [2.05, 4.69) is 32.0 Å². The zero-order valence-corrected chi connectivity index (χ0v) is 15.0. The van der Waals surface area contributed by atoms with Gasteiger partial charge < -0.3 is 21.1 Å². The van der Waals surface area contributed by atoms with Gasteiger partial charge in [-0.05, 0) is 30.0 Å². The lowest BCUT2D eigenvalue weighted by molar-refractivity contribution is 0.0602. The number of nitrogen functional groups attached to an aromatic ring is 1. The van der Waals surface area contributed by atoms with Crippen molar-refractivity contribution in [2.75, 3.05) is 30.0 Å². The number of hydrogen-bond acceptors (Lipinski definition) is 8. The molecule has 0 aliphatic carbocycles. The Morgan fingerprint density at radius 1 is 1.19 bits per heavy atom. The van der Waals surface area contributed by atoms with Crippen LogP contribution in [0.1, 0.15) is 15.2 Å². The van der Waals surface area contributed by atoms with Crippen molar-refractivity contribution >= 4 is 40.3 Å². The minimum Gasteiger partial charge on any atom is -0.465 e. The smallest absolute Gasteiger partial charge is 0.339 e. The number of benzene rings is 1. The van der Waals surface area contributed by atoms with Crippen LogP contribution in [-0.2, 0) is 11.2 Å². The zero-order valence-electron chi connectivity index (χ0n) is 14.2. The van der Waals surface area contributed by atoms with Gasteiger partial charge in [0, 0.05) is 11.4 Å². The molecule has 0 bridgehead atoms. The number of nitrogens with two attached hydrogens (primary N) is 1. The van der Waals surface area contributed by atoms with Gasteiger partial charge in [-0.25, -0.2) is 14.8 Å². The Hall–Kier alpha value is -3.13. The van der Waals surface area contributed by atoms with Crippen LogP contribution < -0.4 is 16.4 Å². The molecule has 2 heterocycles. The summed E-state index contributed by atoms with van der Waals surface area (Å²) in [6.07, 6.45) is 2.31. The standard InChI is InChI=1S/C18H19N5O2S/c1-25-18(24)13-6-2-3-7-14(13)23-17-15(19)16(21-11-22-17)20-9-8-12-5-4-10-26-12/h2-7,10-11H,8-9,19H2,1H3,(H2,20,21,22,23). The molecule has 4 N–H and O–H groups in total. The zero-order chi connectivity index (χ0) is 18.4. The Balaban J connectivity index is 1.74. The molecule has 0 spiro atoms. The molecule has 134 valence electrons. The largest absolute Gasteiger partial charge is 0.465 e. The fraction of sp³-hybridized carbons (Fsp3) is 0.167. The Labute approximate surface area is 155 Å². The molecule has 2 aromatic heterocycles. The van der Waals surface area contributed by atoms with E-state index in [1.807, 2.05) is 12.1 Å². The predicted octanol–water partition coefficient (Wildman–Crippen LogP) is 3.31. The van der Waals surface area contributed by atoms with E-state index in [1.165, 1.54) is 18.3 Å². The first-order chi connectivity index (χ1) is 12.7. The van der Waals surface area contributed by atoms with Crippen LogP contribution in [0.5, 0.6) is 0 Å². The van der Waals surface area contributed by atoms with Crippen LogP contribution in [0.15, 0.2) is 48.1 Å². The summed E-state index contributed by atoms with van der Waals surface area (Å²) in [4.78, 5) is 21.6. The minimum atomic E-state index is -0.435. The normalized spacial score (nSPS) is 10.3. The van der Waals surface area contributed by atoms with Crippen molar-refractivity contribution in [3.63, 3.8) is 0 Å². The highest BCUT2D eigenvalue weighted by Gasteiger charge is 2.14. The van der Waals surface area contributed by atoms with E-state index in [1.54, 1.807) is 29.5 Å². The molecule has 0 unspecified atom stereocenters. The molecule has 0 saturated heterocycles. The second-order valence-corrected chi connectivity index (χ2v) is 6.44. The maximum absolute atomic E-state index is 11.9. The van der Waals surface area contributed by atoms with Crippen LogP contribution in [0, 0.1) is 0 Å². The highest BCUT2D eigenvalue weighted by Crippen LogP contribution is 2.27. The molecule has 0 aliphatic rings. The third-order valence-electron chi connectivity index (χ3n) is 3.71. The summed E-state index contributed by atoms with van der Waals surface area (Å²) in [5.74, 6) is 0.541. The summed E-state index contributed by atoms with van der Waals surface area (Å²) in [7, 11) is 1.34. The SMILES string of the molecule is COC(=O)c1ccccc1Nc1ncnc(NCCc2cccs2)c1N. The number of para-hydroxylation sites is 1. The third-order valence-corrected chi connectivity index (χ3v) is 4.65. The number of esters is 1. The van der Waals surface area contributed by atoms with Gasteiger partial charge in [0.25, 0.3) is 0 Å². The molecule has 0 saturated carbocycles. The van der Waals surface area contributed by atoms with Crippen LogP contribution in [0.2, 0.25) is 0 Å². The summed E-state index contributed by atoms with van der Waals surface area (Å²) >= 11 is 1.71. The molecule has 8 heteroatoms. The molecule has 3 aromatic rings. The van der Waals surface area contributed by atoms with Gasteiger partial charge in [-0.15, -0.1) is 11.3 Å². The average Bonchev–Trinajstić information content (AvgIpc) is 3.18. The molecule has 0 radical (unpaired) electrons. The molecule has 0 fully saturated rings. The number of nitrogens with zero attached hydrogens (tertiary/aromatic N) is 2. The van der Waals surface area contributed by atoms with E-state index in [-0.39, 0.29) is 0 Å². The Morgan fingerprint density at radius 2 is 2.00 bits per heavy atom. The fourth-order valence-corrected chi connectivity index (χ4v) is 3.11. The van der Waals surface area contributed by atoms with Crippen molar-refractivity contribution in [2.24, 2.45) is 0 Å². The van der Waals surface area contributed by atoms with E-state index < -0.39 is 5.97 Å². The van der Waals surface area contributed by atoms with Gasteiger partial charge in [-0.3, -0.25) is 0 Å². The number of aromatic nitrogens is 2. The molecule has 26 heavy (non-hydrogen) atoms. The predicted molar refractivity (Wildman–Crippen MR) is 104 cm³/mol. The van der Waals surface area contributed by atoms with E-state index in [0.717, 1.165) is 6.42 Å². The maximum atomic E-state index is 11.9. The number of thiophene rings is 1. The van der Waals surface area contributed by atoms with Gasteiger partial charge in [0.05, 0.1) is 18.4 Å². The molecule has 0 amide bonds. The summed E-state index contributed by atoms with van der Waals surface area (Å²) in [6, 6.07) is 11.1. The van der Waals surface area contributed by atoms with Gasteiger partial charge in [-0.2, -0.15) is 0 Å². The summed E-state index contributed by atoms with van der Waals surface area (Å²) < 4.78 is 4.80. The Kier molecular flexibility index (Phi) is 5.65. The van der Waals surface area contributed by atoms with Crippen LogP contribution in [-0.4, -0.2) is 29.6 Å². The number of ether oxygens (including phenoxy) is 1. The first kappa shape index (κ1) is 17.7. The van der Waals surface area contributed by atoms with E-state index in [4.69, 9.17) is 10.5 Å². The monoisotopic (exact) mass is 369 g/mol. The number of nitrogens with one attached hydrogen (secondary N) is 2. The lowest BCUT2D eigenvalue weighted by Gasteiger charge is -2.14. The molecular weight excluding hydrogens is 350 g/mol. The maximum Gasteiger partial charge on any atom is 0.339 e. The number of carbonyl (C=O) groups is 1. The van der Waals surface area contributed by atoms with Crippen LogP contribution in [0.4, 0.5) is 23.0 Å². The highest BCUT2D eigenvalue weighted by atomic mass is 32.1. The van der Waals surface area contributed by atoms with Crippen molar-refractivity contribution in [3.8, 4) is 0 Å². The summed E-state index contributed by atoms with van der Waals surface area (Å²) in [6.45, 7) is 0.708. The third kappa shape index (κ3) is 4.09. The van der Waals surface area contributed by atoms with Crippen molar-refractivity contribution < 1.29 is 9.53 Å². The van der Waals surface area contributed by atoms with Gasteiger partial charge in [-0.1, -0.05) is 18.2 Å². The number of methoxy groups -OCH3 is 1. The summed E-state index contributed by atoms with van der Waals surface area (Å²) in [5, 5.41) is 8.36. The molecule has 0 atom stereocenters. The van der Waals surface area contributed by atoms with E-state index in [0.29, 0.717) is 35.1 Å². The highest BCUT2D eigenvalue weighted by molar-refractivity contribution is 7.09. The van der Waals surface area contributed by atoms with Crippen LogP contribution in [0.25, 0.3) is 0 Å². The lowest BCUT2D eigenvalue weighted by Crippen LogP contribution is -2.11. The van der Waals surface area contributed by atoms with Crippen molar-refractivity contribution in [2.45, 2.75) is 6.42 Å². The van der Waals surface area contributed by atoms with Gasteiger partial charge in [0.2, 0.25) is 0 Å². The second-order valence-electron chi connectivity index (χ2n) is 5.40. The Bertz CT molecular complexity index is 883. The van der Waals surface area contributed by atoms with Crippen molar-refractivity contribution in [3.05, 3.63) is 58.5 Å². The quantitative estimate of drug-likeness (QED) is 0.549. The molecule has 7 nitrogen and oxygen atoms in total. The molecule has 1 aromatic carbocycles. The molecule has 3 rings (SSSR count). The van der Waals surface area contributed by atoms with Gasteiger partial charge in [0.15, 0.2) is 11.6 Å². The number of rotatable bonds is 7. The van der Waals surface area contributed by atoms with E-state index in [9.17, 15) is 4.79 Å². The first-order valence-electron chi connectivity index (χ1n) is 8.00. The van der Waals surface area contributed by atoms with Gasteiger partial charge in [0.1, 0.15) is 12.0 Å². The van der Waals surface area contributed by atoms with Crippen molar-refractivity contribution in [1.82, 2.24) is 9.97 Å².